The lowest BCUT2D eigenvalue weighted by atomic mass is 9.96. The Balaban J connectivity index is 1.55. The molecule has 3 aromatic carbocycles. The molecule has 0 amide bonds. The Hall–Kier alpha value is -4.48. The average molecular weight is 469 g/mol. The number of fused-ring (bicyclic) bond motifs is 3. The average Bonchev–Trinajstić information content (AvgIpc) is 2.93. The minimum Gasteiger partial charge on any atom is -0.395 e. The van der Waals surface area contributed by atoms with E-state index in [0.717, 1.165) is 55.2 Å². The molecule has 5 aromatic rings. The molecule has 0 aliphatic heterocycles. The summed E-state index contributed by atoms with van der Waals surface area (Å²) in [7, 11) is 0. The van der Waals surface area contributed by atoms with Crippen LogP contribution in [0, 0.1) is 23.7 Å². The first kappa shape index (κ1) is 23.3. The maximum Gasteiger partial charge on any atom is 0.0970 e. The van der Waals surface area contributed by atoms with Gasteiger partial charge in [0.1, 0.15) is 0 Å². The van der Waals surface area contributed by atoms with E-state index in [2.05, 4.69) is 60.1 Å². The van der Waals surface area contributed by atoms with Gasteiger partial charge in [0.15, 0.2) is 0 Å². The third-order valence-electron chi connectivity index (χ3n) is 5.95. The van der Waals surface area contributed by atoms with Crippen LogP contribution in [0.5, 0.6) is 0 Å². The van der Waals surface area contributed by atoms with E-state index in [1.54, 1.807) is 0 Å². The van der Waals surface area contributed by atoms with Crippen LogP contribution in [0.2, 0.25) is 0 Å². The highest BCUT2D eigenvalue weighted by atomic mass is 16.3. The second kappa shape index (κ2) is 10.8. The fourth-order valence-corrected chi connectivity index (χ4v) is 4.24. The zero-order chi connectivity index (χ0) is 24.7. The summed E-state index contributed by atoms with van der Waals surface area (Å²) in [5, 5.41) is 19.9. The quantitative estimate of drug-likeness (QED) is 0.267. The highest BCUT2D eigenvalue weighted by Gasteiger charge is 2.12. The molecule has 0 unspecified atom stereocenters. The Bertz CT molecular complexity index is 1520. The first-order valence-electron chi connectivity index (χ1n) is 11.9. The SMILES string of the molecule is OCCC#Cc1ccc(-c2ccnc3c2ccc2c(-c4ccc(C#CCCO)cc4)ccnc23)cc1. The summed E-state index contributed by atoms with van der Waals surface area (Å²) in [4.78, 5) is 9.41. The molecule has 4 nitrogen and oxygen atoms in total. The van der Waals surface area contributed by atoms with E-state index in [1.807, 2.05) is 48.8 Å². The molecule has 174 valence electrons. The van der Waals surface area contributed by atoms with E-state index in [-0.39, 0.29) is 13.2 Å². The highest BCUT2D eigenvalue weighted by molar-refractivity contribution is 6.11. The molecule has 2 aromatic heterocycles. The lowest BCUT2D eigenvalue weighted by Gasteiger charge is -2.11. The van der Waals surface area contributed by atoms with Gasteiger partial charge in [0, 0.05) is 47.1 Å². The lowest BCUT2D eigenvalue weighted by molar-refractivity contribution is 0.304. The van der Waals surface area contributed by atoms with Gasteiger partial charge in [0.05, 0.1) is 24.2 Å². The molecule has 2 N–H and O–H groups in total. The second-order valence-electron chi connectivity index (χ2n) is 8.28. The molecule has 2 heterocycles. The predicted octanol–water partition coefficient (Wildman–Crippen LogP) is 5.58. The predicted molar refractivity (Wildman–Crippen MR) is 145 cm³/mol. The van der Waals surface area contributed by atoms with E-state index in [4.69, 9.17) is 20.2 Å². The third kappa shape index (κ3) is 4.83. The van der Waals surface area contributed by atoms with Crippen molar-refractivity contribution in [2.45, 2.75) is 12.8 Å². The maximum absolute atomic E-state index is 8.92. The Kier molecular flexibility index (Phi) is 7.01. The fraction of sp³-hybridized carbons (Fsp3) is 0.125. The summed E-state index contributed by atoms with van der Waals surface area (Å²) in [5.41, 5.74) is 7.94. The van der Waals surface area contributed by atoms with Gasteiger partial charge in [0.2, 0.25) is 0 Å². The summed E-state index contributed by atoms with van der Waals surface area (Å²) in [6.45, 7) is 0.145. The molecule has 0 atom stereocenters. The van der Waals surface area contributed by atoms with Gasteiger partial charge in [-0.3, -0.25) is 9.97 Å². The molecule has 0 spiro atoms. The van der Waals surface area contributed by atoms with Crippen molar-refractivity contribution in [2.24, 2.45) is 0 Å². The molecule has 5 rings (SSSR count). The molecule has 0 aliphatic carbocycles. The normalized spacial score (nSPS) is 10.5. The topological polar surface area (TPSA) is 66.2 Å². The van der Waals surface area contributed by atoms with Crippen LogP contribution in [-0.4, -0.2) is 33.4 Å². The number of nitrogens with zero attached hydrogens (tertiary/aromatic N) is 2. The minimum absolute atomic E-state index is 0.0726. The van der Waals surface area contributed by atoms with Crippen molar-refractivity contribution >= 4 is 21.8 Å². The van der Waals surface area contributed by atoms with Crippen molar-refractivity contribution < 1.29 is 10.2 Å². The largest absolute Gasteiger partial charge is 0.395 e. The van der Waals surface area contributed by atoms with Gasteiger partial charge in [-0.15, -0.1) is 0 Å². The van der Waals surface area contributed by atoms with Crippen molar-refractivity contribution in [2.75, 3.05) is 13.2 Å². The Morgan fingerprint density at radius 1 is 0.528 bits per heavy atom. The van der Waals surface area contributed by atoms with Crippen molar-refractivity contribution in [3.8, 4) is 45.9 Å². The van der Waals surface area contributed by atoms with E-state index in [1.165, 1.54) is 0 Å². The van der Waals surface area contributed by atoms with Gasteiger partial charge < -0.3 is 10.2 Å². The van der Waals surface area contributed by atoms with Crippen molar-refractivity contribution in [1.82, 2.24) is 9.97 Å². The molecule has 0 fully saturated rings. The molecular formula is C32H24N2O2. The molecule has 0 saturated heterocycles. The molecule has 0 bridgehead atoms. The van der Waals surface area contributed by atoms with E-state index in [0.29, 0.717) is 12.8 Å². The standard InChI is InChI=1S/C32H24N2O2/c35-21-3-1-5-23-7-11-25(12-8-23)27-17-19-33-31-29(27)15-16-30-28(18-20-34-32(30)31)26-13-9-24(10-14-26)6-2-4-22-36/h7-20,35-36H,3-4,21-22H2. The third-order valence-corrected chi connectivity index (χ3v) is 5.95. The highest BCUT2D eigenvalue weighted by Crippen LogP contribution is 2.35. The zero-order valence-electron chi connectivity index (χ0n) is 19.7. The number of aliphatic hydroxyl groups excluding tert-OH is 2. The van der Waals surface area contributed by atoms with Gasteiger partial charge in [0.25, 0.3) is 0 Å². The zero-order valence-corrected chi connectivity index (χ0v) is 19.7. The summed E-state index contributed by atoms with van der Waals surface area (Å²) in [6, 6.07) is 24.6. The number of rotatable bonds is 4. The van der Waals surface area contributed by atoms with Gasteiger partial charge in [-0.05, 0) is 58.7 Å². The van der Waals surface area contributed by atoms with Gasteiger partial charge in [-0.1, -0.05) is 60.1 Å². The Morgan fingerprint density at radius 3 is 1.33 bits per heavy atom. The van der Waals surface area contributed by atoms with Crippen LogP contribution in [-0.2, 0) is 0 Å². The molecule has 0 radical (unpaired) electrons. The Morgan fingerprint density at radius 2 is 0.944 bits per heavy atom. The number of aromatic nitrogens is 2. The molecule has 0 aliphatic rings. The number of hydrogen-bond donors (Lipinski definition) is 2. The fourth-order valence-electron chi connectivity index (χ4n) is 4.24. The van der Waals surface area contributed by atoms with Crippen molar-refractivity contribution in [1.29, 1.82) is 0 Å². The second-order valence-corrected chi connectivity index (χ2v) is 8.28. The number of aliphatic hydroxyl groups is 2. The maximum atomic E-state index is 8.92. The summed E-state index contributed by atoms with van der Waals surface area (Å²) < 4.78 is 0. The van der Waals surface area contributed by atoms with Crippen LogP contribution in [0.15, 0.2) is 85.2 Å². The first-order valence-corrected chi connectivity index (χ1v) is 11.9. The van der Waals surface area contributed by atoms with E-state index >= 15 is 0 Å². The van der Waals surface area contributed by atoms with Gasteiger partial charge in [-0.25, -0.2) is 0 Å². The van der Waals surface area contributed by atoms with Crippen molar-refractivity contribution in [3.63, 3.8) is 0 Å². The molecule has 36 heavy (non-hydrogen) atoms. The lowest BCUT2D eigenvalue weighted by Crippen LogP contribution is -1.90. The number of benzene rings is 3. The van der Waals surface area contributed by atoms with Crippen LogP contribution in [0.4, 0.5) is 0 Å². The van der Waals surface area contributed by atoms with Crippen LogP contribution in [0.3, 0.4) is 0 Å². The van der Waals surface area contributed by atoms with Gasteiger partial charge in [-0.2, -0.15) is 0 Å². The minimum atomic E-state index is 0.0726. The van der Waals surface area contributed by atoms with Crippen molar-refractivity contribution in [3.05, 3.63) is 96.3 Å². The molecule has 0 saturated carbocycles. The molecular weight excluding hydrogens is 444 g/mol. The Labute approximate surface area is 210 Å². The number of hydrogen-bond acceptors (Lipinski definition) is 4. The van der Waals surface area contributed by atoms with Crippen LogP contribution >= 0.6 is 0 Å². The number of pyridine rings is 2. The summed E-state index contributed by atoms with van der Waals surface area (Å²) >= 11 is 0. The smallest absolute Gasteiger partial charge is 0.0970 e. The van der Waals surface area contributed by atoms with Crippen LogP contribution in [0.25, 0.3) is 44.1 Å². The van der Waals surface area contributed by atoms with Crippen LogP contribution in [0.1, 0.15) is 24.0 Å². The van der Waals surface area contributed by atoms with E-state index in [9.17, 15) is 0 Å². The monoisotopic (exact) mass is 468 g/mol. The van der Waals surface area contributed by atoms with Crippen LogP contribution < -0.4 is 0 Å². The first-order chi connectivity index (χ1) is 17.8. The molecule has 4 heteroatoms. The van der Waals surface area contributed by atoms with E-state index < -0.39 is 0 Å². The summed E-state index contributed by atoms with van der Waals surface area (Å²) in [6.07, 6.45) is 4.61. The van der Waals surface area contributed by atoms with Gasteiger partial charge >= 0.3 is 0 Å². The summed E-state index contributed by atoms with van der Waals surface area (Å²) in [5.74, 6) is 12.1.